The number of nitrogens with one attached hydrogen (secondary N) is 2. The molecule has 8 nitrogen and oxygen atoms in total. The number of esters is 1. The van der Waals surface area contributed by atoms with Crippen molar-refractivity contribution in [2.45, 2.75) is 19.8 Å². The Balaban J connectivity index is 1.77. The molecule has 0 spiro atoms. The van der Waals surface area contributed by atoms with Gasteiger partial charge in [-0.15, -0.1) is 0 Å². The van der Waals surface area contributed by atoms with Crippen LogP contribution in [0.2, 0.25) is 0 Å². The van der Waals surface area contributed by atoms with Crippen molar-refractivity contribution in [1.29, 1.82) is 0 Å². The molecule has 0 aromatic heterocycles. The number of benzene rings is 2. The Morgan fingerprint density at radius 2 is 1.63 bits per heavy atom. The second-order valence-corrected chi connectivity index (χ2v) is 7.20. The summed E-state index contributed by atoms with van der Waals surface area (Å²) in [5.41, 5.74) is 1.95. The zero-order valence-corrected chi connectivity index (χ0v) is 18.5. The number of hydrogen-bond donors (Lipinski definition) is 2. The van der Waals surface area contributed by atoms with Gasteiger partial charge < -0.3 is 24.8 Å². The van der Waals surface area contributed by atoms with Gasteiger partial charge in [-0.05, 0) is 42.8 Å². The van der Waals surface area contributed by atoms with Gasteiger partial charge in [0.05, 0.1) is 26.3 Å². The fourth-order valence-electron chi connectivity index (χ4n) is 2.51. The third-order valence-electron chi connectivity index (χ3n) is 4.06. The summed E-state index contributed by atoms with van der Waals surface area (Å²) in [5, 5.41) is 5.34. The van der Waals surface area contributed by atoms with Gasteiger partial charge in [-0.2, -0.15) is 0 Å². The van der Waals surface area contributed by atoms with Crippen molar-refractivity contribution in [1.82, 2.24) is 0 Å². The molecule has 0 radical (unpaired) electrons. The minimum Gasteiger partial charge on any atom is -0.497 e. The lowest BCUT2D eigenvalue weighted by Gasteiger charge is -2.12. The van der Waals surface area contributed by atoms with Crippen molar-refractivity contribution in [3.8, 4) is 11.5 Å². The number of hydrogen-bond acceptors (Lipinski definition) is 6. The molecule has 0 aliphatic carbocycles. The Labute approximate surface area is 183 Å². The Bertz CT molecular complexity index is 932. The van der Waals surface area contributed by atoms with Gasteiger partial charge in [-0.3, -0.25) is 14.4 Å². The Morgan fingerprint density at radius 3 is 2.30 bits per heavy atom. The predicted molar refractivity (Wildman–Crippen MR) is 116 cm³/mol. The van der Waals surface area contributed by atoms with E-state index in [4.69, 9.17) is 14.2 Å². The van der Waals surface area contributed by atoms with Crippen molar-refractivity contribution < 1.29 is 28.6 Å². The number of methoxy groups -OCH3 is 2. The number of halogens is 1. The second-order valence-electron chi connectivity index (χ2n) is 6.28. The van der Waals surface area contributed by atoms with Crippen LogP contribution in [0.15, 0.2) is 40.9 Å². The normalized spacial score (nSPS) is 10.1. The number of carbonyl (C=O) groups is 3. The fourth-order valence-corrected chi connectivity index (χ4v) is 2.99. The molecule has 2 rings (SSSR count). The van der Waals surface area contributed by atoms with Crippen LogP contribution in [0.1, 0.15) is 18.4 Å². The summed E-state index contributed by atoms with van der Waals surface area (Å²) in [5.74, 6) is -0.524. The standard InChI is InChI=1S/C21H23BrN2O6/c1-13-10-14(22)4-6-16(13)23-19(25)8-9-21(27)30-12-20(26)24-17-11-15(28-2)5-7-18(17)29-3/h4-7,10-11H,8-9,12H2,1-3H3,(H,23,25)(H,24,26). The summed E-state index contributed by atoms with van der Waals surface area (Å²) in [7, 11) is 2.97. The minimum atomic E-state index is -0.648. The molecule has 160 valence electrons. The van der Waals surface area contributed by atoms with Gasteiger partial charge in [0.15, 0.2) is 6.61 Å². The molecule has 0 atom stereocenters. The zero-order chi connectivity index (χ0) is 22.1. The molecule has 30 heavy (non-hydrogen) atoms. The monoisotopic (exact) mass is 478 g/mol. The molecule has 2 aromatic carbocycles. The third-order valence-corrected chi connectivity index (χ3v) is 4.56. The maximum absolute atomic E-state index is 12.1. The highest BCUT2D eigenvalue weighted by Crippen LogP contribution is 2.28. The van der Waals surface area contributed by atoms with Gasteiger partial charge in [0, 0.05) is 22.6 Å². The van der Waals surface area contributed by atoms with E-state index >= 15 is 0 Å². The van der Waals surface area contributed by atoms with Gasteiger partial charge in [0.2, 0.25) is 5.91 Å². The quantitative estimate of drug-likeness (QED) is 0.532. The lowest BCUT2D eigenvalue weighted by Crippen LogP contribution is -2.22. The maximum Gasteiger partial charge on any atom is 0.306 e. The van der Waals surface area contributed by atoms with Crippen molar-refractivity contribution >= 4 is 45.1 Å². The Kier molecular flexibility index (Phi) is 8.67. The van der Waals surface area contributed by atoms with E-state index in [1.54, 1.807) is 24.3 Å². The molecular formula is C21H23BrN2O6. The van der Waals surface area contributed by atoms with Crippen LogP contribution in [-0.2, 0) is 19.1 Å². The average molecular weight is 479 g/mol. The van der Waals surface area contributed by atoms with Crippen LogP contribution >= 0.6 is 15.9 Å². The molecule has 0 heterocycles. The highest BCUT2D eigenvalue weighted by atomic mass is 79.9. The topological polar surface area (TPSA) is 103 Å². The summed E-state index contributed by atoms with van der Waals surface area (Å²) in [6, 6.07) is 10.4. The number of ether oxygens (including phenoxy) is 3. The first-order valence-corrected chi connectivity index (χ1v) is 9.85. The third kappa shape index (κ3) is 7.07. The number of aryl methyl sites for hydroxylation is 1. The van der Waals surface area contributed by atoms with Crippen LogP contribution < -0.4 is 20.1 Å². The van der Waals surface area contributed by atoms with E-state index in [9.17, 15) is 14.4 Å². The van der Waals surface area contributed by atoms with Crippen LogP contribution in [0.25, 0.3) is 0 Å². The molecule has 0 unspecified atom stereocenters. The van der Waals surface area contributed by atoms with E-state index in [0.717, 1.165) is 10.0 Å². The van der Waals surface area contributed by atoms with E-state index in [1.165, 1.54) is 14.2 Å². The number of rotatable bonds is 9. The maximum atomic E-state index is 12.1. The van der Waals surface area contributed by atoms with Gasteiger partial charge in [0.1, 0.15) is 11.5 Å². The van der Waals surface area contributed by atoms with Crippen molar-refractivity contribution in [2.24, 2.45) is 0 Å². The van der Waals surface area contributed by atoms with Gasteiger partial charge >= 0.3 is 5.97 Å². The average Bonchev–Trinajstić information content (AvgIpc) is 2.72. The lowest BCUT2D eigenvalue weighted by atomic mass is 10.2. The first-order chi connectivity index (χ1) is 14.3. The van der Waals surface area contributed by atoms with Gasteiger partial charge in [0.25, 0.3) is 5.91 Å². The minimum absolute atomic E-state index is 0.0559. The number of carbonyl (C=O) groups excluding carboxylic acids is 3. The molecule has 0 aliphatic rings. The first kappa shape index (κ1) is 23.2. The highest BCUT2D eigenvalue weighted by molar-refractivity contribution is 9.10. The molecule has 2 N–H and O–H groups in total. The second kappa shape index (κ2) is 11.2. The van der Waals surface area contributed by atoms with Crippen molar-refractivity contribution in [3.63, 3.8) is 0 Å². The summed E-state index contributed by atoms with van der Waals surface area (Å²) in [6.07, 6.45) is -0.198. The Morgan fingerprint density at radius 1 is 0.900 bits per heavy atom. The van der Waals surface area contributed by atoms with Gasteiger partial charge in [-0.25, -0.2) is 0 Å². The number of anilines is 2. The predicted octanol–water partition coefficient (Wildman–Crippen LogP) is 3.68. The van der Waals surface area contributed by atoms with Crippen LogP contribution in [0.3, 0.4) is 0 Å². The first-order valence-electron chi connectivity index (χ1n) is 9.06. The summed E-state index contributed by atoms with van der Waals surface area (Å²) in [4.78, 5) is 35.9. The lowest BCUT2D eigenvalue weighted by molar-refractivity contribution is -0.147. The smallest absolute Gasteiger partial charge is 0.306 e. The SMILES string of the molecule is COc1ccc(OC)c(NC(=O)COC(=O)CCC(=O)Nc2ccc(Br)cc2C)c1. The molecule has 0 bridgehead atoms. The molecule has 2 aromatic rings. The summed E-state index contributed by atoms with van der Waals surface area (Å²) in [6.45, 7) is 1.39. The summed E-state index contributed by atoms with van der Waals surface area (Å²) < 4.78 is 16.1. The van der Waals surface area contributed by atoms with E-state index in [-0.39, 0.29) is 18.7 Å². The van der Waals surface area contributed by atoms with Crippen LogP contribution in [-0.4, -0.2) is 38.6 Å². The van der Waals surface area contributed by atoms with Gasteiger partial charge in [-0.1, -0.05) is 15.9 Å². The van der Waals surface area contributed by atoms with E-state index in [2.05, 4.69) is 26.6 Å². The zero-order valence-electron chi connectivity index (χ0n) is 16.9. The van der Waals surface area contributed by atoms with E-state index in [0.29, 0.717) is 22.9 Å². The fraction of sp³-hybridized carbons (Fsp3) is 0.286. The van der Waals surface area contributed by atoms with Crippen LogP contribution in [0.4, 0.5) is 11.4 Å². The van der Waals surface area contributed by atoms with Crippen LogP contribution in [0, 0.1) is 6.92 Å². The molecule has 0 saturated carbocycles. The molecular weight excluding hydrogens is 456 g/mol. The largest absolute Gasteiger partial charge is 0.497 e. The molecule has 0 saturated heterocycles. The highest BCUT2D eigenvalue weighted by Gasteiger charge is 2.13. The van der Waals surface area contributed by atoms with E-state index < -0.39 is 18.5 Å². The summed E-state index contributed by atoms with van der Waals surface area (Å²) >= 11 is 3.36. The number of amides is 2. The van der Waals surface area contributed by atoms with Crippen molar-refractivity contribution in [2.75, 3.05) is 31.5 Å². The Hall–Kier alpha value is -3.07. The molecule has 0 fully saturated rings. The van der Waals surface area contributed by atoms with E-state index in [1.807, 2.05) is 19.1 Å². The molecule has 0 aliphatic heterocycles. The molecule has 2 amide bonds. The molecule has 9 heteroatoms. The van der Waals surface area contributed by atoms with Crippen molar-refractivity contribution in [3.05, 3.63) is 46.4 Å². The van der Waals surface area contributed by atoms with Crippen LogP contribution in [0.5, 0.6) is 11.5 Å².